The van der Waals surface area contributed by atoms with Crippen LogP contribution in [0.3, 0.4) is 0 Å². The minimum atomic E-state index is -0.705. The molecule has 0 radical (unpaired) electrons. The zero-order valence-electron chi connectivity index (χ0n) is 6.45. The summed E-state index contributed by atoms with van der Waals surface area (Å²) in [6.07, 6.45) is -0.705. The molecule has 14 heavy (non-hydrogen) atoms. The van der Waals surface area contributed by atoms with Gasteiger partial charge in [0.1, 0.15) is 8.65 Å². The molecule has 0 saturated heterocycles. The number of halogens is 6. The lowest BCUT2D eigenvalue weighted by Crippen LogP contribution is -2.38. The van der Waals surface area contributed by atoms with Gasteiger partial charge in [-0.3, -0.25) is 0 Å². The van der Waals surface area contributed by atoms with Gasteiger partial charge in [-0.2, -0.15) is 0 Å². The average Bonchev–Trinajstić information content (AvgIpc) is 2.37. The molecule has 0 heterocycles. The predicted molar refractivity (Wildman–Crippen MR) is 73.5 cm³/mol. The smallest absolute Gasteiger partial charge is 0.103 e. The van der Waals surface area contributed by atoms with E-state index in [1.807, 2.05) is 0 Å². The Kier molecular flexibility index (Phi) is 3.25. The Morgan fingerprint density at radius 1 is 1.00 bits per heavy atom. The summed E-state index contributed by atoms with van der Waals surface area (Å²) < 4.78 is 0.213. The topological polar surface area (TPSA) is 20.2 Å². The Labute approximate surface area is 125 Å². The maximum absolute atomic E-state index is 10.2. The van der Waals surface area contributed by atoms with Crippen LogP contribution in [0, 0.1) is 0 Å². The molecule has 0 aromatic heterocycles. The standard InChI is InChI=1S/C7H4Br4Cl2O/c8-1-2(9)7(11)4(13)3(12)6(1,10)5(7)14/h3-5,14H. The van der Waals surface area contributed by atoms with Crippen LogP contribution in [-0.2, 0) is 0 Å². The summed E-state index contributed by atoms with van der Waals surface area (Å²) in [7, 11) is 0. The van der Waals surface area contributed by atoms with Crippen LogP contribution in [0.1, 0.15) is 0 Å². The van der Waals surface area contributed by atoms with E-state index in [1.54, 1.807) is 0 Å². The molecule has 0 aromatic carbocycles. The second-order valence-corrected chi connectivity index (χ2v) is 8.52. The van der Waals surface area contributed by atoms with Gasteiger partial charge in [-0.05, 0) is 0 Å². The summed E-state index contributed by atoms with van der Waals surface area (Å²) >= 11 is 26.1. The van der Waals surface area contributed by atoms with Crippen LogP contribution in [0.4, 0.5) is 0 Å². The van der Waals surface area contributed by atoms with Crippen molar-refractivity contribution in [1.29, 1.82) is 0 Å². The van der Waals surface area contributed by atoms with Crippen LogP contribution < -0.4 is 0 Å². The molecule has 0 spiro atoms. The van der Waals surface area contributed by atoms with E-state index < -0.39 is 14.8 Å². The minimum absolute atomic E-state index is 0.380. The van der Waals surface area contributed by atoms with Crippen molar-refractivity contribution in [2.45, 2.75) is 25.5 Å². The molecule has 1 nitrogen and oxygen atoms in total. The van der Waals surface area contributed by atoms with E-state index in [0.717, 1.165) is 8.96 Å². The zero-order valence-corrected chi connectivity index (χ0v) is 14.3. The number of fused-ring (bicyclic) bond motifs is 2. The van der Waals surface area contributed by atoms with E-state index in [0.29, 0.717) is 0 Å². The third-order valence-electron chi connectivity index (χ3n) is 2.72. The van der Waals surface area contributed by atoms with Crippen LogP contribution in [-0.4, -0.2) is 30.6 Å². The summed E-state index contributed by atoms with van der Waals surface area (Å²) in [5.74, 6) is 0. The van der Waals surface area contributed by atoms with Gasteiger partial charge in [0.25, 0.3) is 0 Å². The van der Waals surface area contributed by atoms with Crippen LogP contribution >= 0.6 is 86.9 Å². The van der Waals surface area contributed by atoms with Gasteiger partial charge < -0.3 is 5.11 Å². The van der Waals surface area contributed by atoms with Gasteiger partial charge in [0.2, 0.25) is 0 Å². The van der Waals surface area contributed by atoms with Crippen molar-refractivity contribution in [1.82, 2.24) is 0 Å². The van der Waals surface area contributed by atoms with Crippen molar-refractivity contribution < 1.29 is 5.11 Å². The molecule has 4 unspecified atom stereocenters. The van der Waals surface area contributed by atoms with Crippen molar-refractivity contribution in [3.05, 3.63) is 8.96 Å². The zero-order chi connectivity index (χ0) is 10.9. The van der Waals surface area contributed by atoms with Crippen LogP contribution in [0.5, 0.6) is 0 Å². The highest BCUT2D eigenvalue weighted by molar-refractivity contribution is 9.16. The summed E-state index contributed by atoms with van der Waals surface area (Å²) in [6.45, 7) is 0. The van der Waals surface area contributed by atoms with E-state index in [1.165, 1.54) is 0 Å². The largest absolute Gasteiger partial charge is 0.389 e. The number of hydrogen-bond acceptors (Lipinski definition) is 1. The Hall–Kier alpha value is 2.20. The molecule has 2 rings (SSSR count). The van der Waals surface area contributed by atoms with Crippen molar-refractivity contribution in [2.24, 2.45) is 0 Å². The highest BCUT2D eigenvalue weighted by Gasteiger charge is 2.73. The van der Waals surface area contributed by atoms with E-state index in [2.05, 4.69) is 63.7 Å². The molecule has 2 aliphatic carbocycles. The Balaban J connectivity index is 2.66. The summed E-state index contributed by atoms with van der Waals surface area (Å²) in [5.41, 5.74) is 0. The number of rotatable bonds is 0. The van der Waals surface area contributed by atoms with Crippen LogP contribution in [0.25, 0.3) is 0 Å². The molecule has 1 fully saturated rings. The first-order valence-electron chi connectivity index (χ1n) is 3.69. The molecular weight excluding hydrogens is 491 g/mol. The number of hydrogen-bond donors (Lipinski definition) is 1. The van der Waals surface area contributed by atoms with Gasteiger partial charge in [0.15, 0.2) is 0 Å². The number of aliphatic hydroxyl groups is 1. The van der Waals surface area contributed by atoms with Crippen LogP contribution in [0.15, 0.2) is 8.96 Å². The minimum Gasteiger partial charge on any atom is -0.389 e. The second-order valence-electron chi connectivity index (χ2n) is 3.37. The van der Waals surface area contributed by atoms with Gasteiger partial charge in [0, 0.05) is 8.96 Å². The fourth-order valence-electron chi connectivity index (χ4n) is 1.85. The molecular formula is C7H4Br4Cl2O. The molecule has 1 saturated carbocycles. The second kappa shape index (κ2) is 3.59. The quantitative estimate of drug-likeness (QED) is 0.507. The van der Waals surface area contributed by atoms with Crippen molar-refractivity contribution in [3.63, 3.8) is 0 Å². The fraction of sp³-hybridized carbons (Fsp3) is 0.714. The van der Waals surface area contributed by atoms with E-state index in [4.69, 9.17) is 23.2 Å². The van der Waals surface area contributed by atoms with E-state index in [9.17, 15) is 5.11 Å². The molecule has 80 valence electrons. The molecule has 4 atom stereocenters. The highest BCUT2D eigenvalue weighted by atomic mass is 79.9. The maximum Gasteiger partial charge on any atom is 0.103 e. The summed E-state index contributed by atoms with van der Waals surface area (Å²) in [4.78, 5) is 0. The van der Waals surface area contributed by atoms with Crippen molar-refractivity contribution >= 4 is 86.9 Å². The Morgan fingerprint density at radius 2 is 1.29 bits per heavy atom. The summed E-state index contributed by atoms with van der Waals surface area (Å²) in [6, 6.07) is 0. The number of alkyl halides is 4. The van der Waals surface area contributed by atoms with Gasteiger partial charge in [-0.15, -0.1) is 23.2 Å². The van der Waals surface area contributed by atoms with Gasteiger partial charge >= 0.3 is 0 Å². The normalized spacial score (nSPS) is 57.2. The molecule has 1 N–H and O–H groups in total. The molecule has 0 amide bonds. The van der Waals surface area contributed by atoms with E-state index >= 15 is 0 Å². The molecule has 0 aromatic rings. The summed E-state index contributed by atoms with van der Waals surface area (Å²) in [5, 5.41) is 9.40. The monoisotopic (exact) mass is 490 g/mol. The highest BCUT2D eigenvalue weighted by Crippen LogP contribution is 2.67. The van der Waals surface area contributed by atoms with Crippen LogP contribution in [0.2, 0.25) is 0 Å². The van der Waals surface area contributed by atoms with Gasteiger partial charge in [-0.25, -0.2) is 0 Å². The third-order valence-corrected chi connectivity index (χ3v) is 10.9. The lowest BCUT2D eigenvalue weighted by Gasteiger charge is -2.30. The molecule has 2 bridgehead atoms. The first-order chi connectivity index (χ1) is 6.29. The molecule has 2 aliphatic rings. The SMILES string of the molecule is OC1C2(Br)C(Br)=C(Br)C1(Br)C(Cl)C2Cl. The average molecular weight is 495 g/mol. The molecule has 7 heteroatoms. The predicted octanol–water partition coefficient (Wildman–Crippen LogP) is 3.86. The van der Waals surface area contributed by atoms with Crippen molar-refractivity contribution in [2.75, 3.05) is 0 Å². The lowest BCUT2D eigenvalue weighted by atomic mass is 10.1. The molecule has 0 aliphatic heterocycles. The first-order valence-corrected chi connectivity index (χ1v) is 7.73. The van der Waals surface area contributed by atoms with E-state index in [-0.39, 0.29) is 10.8 Å². The Morgan fingerprint density at radius 3 is 1.50 bits per heavy atom. The fourth-order valence-corrected chi connectivity index (χ4v) is 7.34. The Bertz CT molecular complexity index is 306. The number of aliphatic hydroxyl groups excluding tert-OH is 1. The first kappa shape index (κ1) is 12.7. The lowest BCUT2D eigenvalue weighted by molar-refractivity contribution is 0.165. The maximum atomic E-state index is 10.2. The third kappa shape index (κ3) is 1.16. The van der Waals surface area contributed by atoms with Crippen molar-refractivity contribution in [3.8, 4) is 0 Å². The van der Waals surface area contributed by atoms with Gasteiger partial charge in [0.05, 0.1) is 16.9 Å². The van der Waals surface area contributed by atoms with Gasteiger partial charge in [-0.1, -0.05) is 63.7 Å².